The molecule has 0 bridgehead atoms. The summed E-state index contributed by atoms with van der Waals surface area (Å²) in [7, 11) is 0. The Bertz CT molecular complexity index is 1130. The second-order valence-electron chi connectivity index (χ2n) is 6.48. The molecule has 0 aliphatic rings. The van der Waals surface area contributed by atoms with Gasteiger partial charge < -0.3 is 4.74 Å². The van der Waals surface area contributed by atoms with Crippen LogP contribution in [0, 0.1) is 0 Å². The first-order valence-electron chi connectivity index (χ1n) is 9.08. The monoisotopic (exact) mass is 366 g/mol. The summed E-state index contributed by atoms with van der Waals surface area (Å²) in [6.07, 6.45) is 0.156. The average molecular weight is 366 g/mol. The van der Waals surface area contributed by atoms with Gasteiger partial charge >= 0.3 is 5.97 Å². The maximum Gasteiger partial charge on any atom is 0.343 e. The van der Waals surface area contributed by atoms with E-state index in [1.165, 1.54) is 0 Å². The van der Waals surface area contributed by atoms with Crippen molar-refractivity contribution in [1.29, 1.82) is 0 Å². The number of hydrogen-bond donors (Lipinski definition) is 0. The maximum atomic E-state index is 12.8. The van der Waals surface area contributed by atoms with Crippen LogP contribution in [0.1, 0.15) is 26.3 Å². The normalized spacial score (nSPS) is 10.6. The van der Waals surface area contributed by atoms with Crippen LogP contribution in [-0.4, -0.2) is 11.8 Å². The fourth-order valence-electron chi connectivity index (χ4n) is 3.21. The highest BCUT2D eigenvalue weighted by atomic mass is 16.5. The molecule has 28 heavy (non-hydrogen) atoms. The maximum absolute atomic E-state index is 12.8. The topological polar surface area (TPSA) is 43.4 Å². The van der Waals surface area contributed by atoms with Crippen molar-refractivity contribution >= 4 is 22.5 Å². The molecule has 3 heteroatoms. The molecule has 4 aromatic carbocycles. The van der Waals surface area contributed by atoms with Crippen molar-refractivity contribution in [2.75, 3.05) is 0 Å². The number of carbonyl (C=O) groups excluding carboxylic acids is 2. The minimum atomic E-state index is -0.440. The van der Waals surface area contributed by atoms with E-state index in [0.717, 1.165) is 16.3 Å². The molecule has 0 radical (unpaired) electrons. The van der Waals surface area contributed by atoms with Crippen LogP contribution in [0.5, 0.6) is 5.75 Å². The number of hydrogen-bond acceptors (Lipinski definition) is 3. The van der Waals surface area contributed by atoms with E-state index in [2.05, 4.69) is 0 Å². The molecule has 0 aliphatic heterocycles. The van der Waals surface area contributed by atoms with Gasteiger partial charge in [-0.05, 0) is 29.0 Å². The molecule has 0 amide bonds. The lowest BCUT2D eigenvalue weighted by Crippen LogP contribution is -2.12. The number of ketones is 1. The number of carbonyl (C=O) groups is 2. The SMILES string of the molecule is O=C(Cc1c(OC(=O)c2ccccc2)ccc2ccccc12)c1ccccc1. The molecule has 0 saturated carbocycles. The summed E-state index contributed by atoms with van der Waals surface area (Å²) in [5.41, 5.74) is 1.82. The van der Waals surface area contributed by atoms with E-state index in [4.69, 9.17) is 4.74 Å². The summed E-state index contributed by atoms with van der Waals surface area (Å²) < 4.78 is 5.69. The standard InChI is InChI=1S/C25H18O3/c26-23(19-10-3-1-4-11-19)17-22-21-14-8-7-9-18(21)15-16-24(22)28-25(27)20-12-5-2-6-13-20/h1-16H,17H2. The van der Waals surface area contributed by atoms with Gasteiger partial charge in [0.05, 0.1) is 5.56 Å². The fourth-order valence-corrected chi connectivity index (χ4v) is 3.21. The Morgan fingerprint density at radius 2 is 1.25 bits per heavy atom. The number of fused-ring (bicyclic) bond motifs is 1. The van der Waals surface area contributed by atoms with Crippen molar-refractivity contribution in [2.45, 2.75) is 6.42 Å². The molecule has 0 unspecified atom stereocenters. The highest BCUT2D eigenvalue weighted by molar-refractivity contribution is 6.01. The largest absolute Gasteiger partial charge is 0.423 e. The summed E-state index contributed by atoms with van der Waals surface area (Å²) in [5, 5.41) is 1.91. The molecule has 0 spiro atoms. The zero-order valence-electron chi connectivity index (χ0n) is 15.2. The number of benzene rings is 4. The van der Waals surface area contributed by atoms with E-state index in [1.807, 2.05) is 54.6 Å². The number of rotatable bonds is 5. The highest BCUT2D eigenvalue weighted by Crippen LogP contribution is 2.30. The van der Waals surface area contributed by atoms with Crippen molar-refractivity contribution in [3.8, 4) is 5.75 Å². The minimum absolute atomic E-state index is 0.0195. The van der Waals surface area contributed by atoms with E-state index < -0.39 is 5.97 Å². The van der Waals surface area contributed by atoms with Crippen LogP contribution in [0.2, 0.25) is 0 Å². The van der Waals surface area contributed by atoms with E-state index in [-0.39, 0.29) is 12.2 Å². The summed E-state index contributed by atoms with van der Waals surface area (Å²) in [5.74, 6) is -0.0462. The Morgan fingerprint density at radius 3 is 1.96 bits per heavy atom. The van der Waals surface area contributed by atoms with Crippen molar-refractivity contribution < 1.29 is 14.3 Å². The molecule has 3 nitrogen and oxygen atoms in total. The van der Waals surface area contributed by atoms with Crippen molar-refractivity contribution in [3.63, 3.8) is 0 Å². The lowest BCUT2D eigenvalue weighted by molar-refractivity contribution is 0.0731. The van der Waals surface area contributed by atoms with Gasteiger partial charge in [-0.25, -0.2) is 4.79 Å². The first-order chi connectivity index (χ1) is 13.7. The third kappa shape index (κ3) is 3.69. The predicted molar refractivity (Wildman–Crippen MR) is 110 cm³/mol. The summed E-state index contributed by atoms with van der Waals surface area (Å²) in [4.78, 5) is 25.4. The van der Waals surface area contributed by atoms with Crippen LogP contribution in [0.4, 0.5) is 0 Å². The second-order valence-corrected chi connectivity index (χ2v) is 6.48. The van der Waals surface area contributed by atoms with Crippen LogP contribution in [0.25, 0.3) is 10.8 Å². The molecule has 0 aliphatic carbocycles. The average Bonchev–Trinajstić information content (AvgIpc) is 2.76. The smallest absolute Gasteiger partial charge is 0.343 e. The van der Waals surface area contributed by atoms with E-state index in [9.17, 15) is 9.59 Å². The molecule has 0 atom stereocenters. The van der Waals surface area contributed by atoms with Gasteiger partial charge in [0.15, 0.2) is 5.78 Å². The van der Waals surface area contributed by atoms with Crippen molar-refractivity contribution in [3.05, 3.63) is 114 Å². The van der Waals surface area contributed by atoms with Crippen LogP contribution in [-0.2, 0) is 6.42 Å². The Kier molecular flexibility index (Phi) is 4.98. The Labute approximate surface area is 163 Å². The molecular formula is C25H18O3. The Hall–Kier alpha value is -3.72. The molecule has 4 rings (SSSR count). The molecule has 4 aromatic rings. The molecule has 0 N–H and O–H groups in total. The lowest BCUT2D eigenvalue weighted by atomic mass is 9.96. The third-order valence-electron chi connectivity index (χ3n) is 4.64. The predicted octanol–water partition coefficient (Wildman–Crippen LogP) is 5.48. The molecule has 0 aromatic heterocycles. The van der Waals surface area contributed by atoms with Gasteiger partial charge in [-0.1, -0.05) is 78.9 Å². The molecule has 0 saturated heterocycles. The van der Waals surface area contributed by atoms with Crippen molar-refractivity contribution in [2.24, 2.45) is 0 Å². The van der Waals surface area contributed by atoms with Gasteiger partial charge in [0.2, 0.25) is 0 Å². The summed E-state index contributed by atoms with van der Waals surface area (Å²) in [6.45, 7) is 0. The van der Waals surface area contributed by atoms with E-state index in [0.29, 0.717) is 16.9 Å². The van der Waals surface area contributed by atoms with Crippen LogP contribution >= 0.6 is 0 Å². The summed E-state index contributed by atoms with van der Waals surface area (Å²) >= 11 is 0. The molecular weight excluding hydrogens is 348 g/mol. The van der Waals surface area contributed by atoms with Gasteiger partial charge in [0.25, 0.3) is 0 Å². The Balaban J connectivity index is 1.73. The van der Waals surface area contributed by atoms with Gasteiger partial charge in [-0.2, -0.15) is 0 Å². The van der Waals surface area contributed by atoms with Crippen molar-refractivity contribution in [1.82, 2.24) is 0 Å². The fraction of sp³-hybridized carbons (Fsp3) is 0.0400. The molecule has 0 heterocycles. The van der Waals surface area contributed by atoms with Gasteiger partial charge in [-0.15, -0.1) is 0 Å². The Morgan fingerprint density at radius 1 is 0.643 bits per heavy atom. The number of esters is 1. The van der Waals surface area contributed by atoms with Crippen LogP contribution in [0.15, 0.2) is 97.1 Å². The highest BCUT2D eigenvalue weighted by Gasteiger charge is 2.17. The summed E-state index contributed by atoms with van der Waals surface area (Å²) in [6, 6.07) is 29.4. The second kappa shape index (κ2) is 7.89. The third-order valence-corrected chi connectivity index (χ3v) is 4.64. The first-order valence-corrected chi connectivity index (χ1v) is 9.08. The molecule has 136 valence electrons. The van der Waals surface area contributed by atoms with Crippen LogP contribution in [0.3, 0.4) is 0 Å². The van der Waals surface area contributed by atoms with E-state index >= 15 is 0 Å². The van der Waals surface area contributed by atoms with Gasteiger partial charge in [0, 0.05) is 17.5 Å². The number of ether oxygens (including phenoxy) is 1. The van der Waals surface area contributed by atoms with Gasteiger partial charge in [0.1, 0.15) is 5.75 Å². The van der Waals surface area contributed by atoms with Gasteiger partial charge in [-0.3, -0.25) is 4.79 Å². The minimum Gasteiger partial charge on any atom is -0.423 e. The lowest BCUT2D eigenvalue weighted by Gasteiger charge is -2.13. The quantitative estimate of drug-likeness (QED) is 0.267. The first kappa shape index (κ1) is 17.7. The zero-order chi connectivity index (χ0) is 19.3. The molecule has 0 fully saturated rings. The number of Topliss-reactive ketones (excluding diaryl/α,β-unsaturated/α-hetero) is 1. The van der Waals surface area contributed by atoms with Crippen LogP contribution < -0.4 is 4.74 Å². The zero-order valence-corrected chi connectivity index (χ0v) is 15.2. The van der Waals surface area contributed by atoms with E-state index in [1.54, 1.807) is 42.5 Å².